The van der Waals surface area contributed by atoms with Crippen molar-refractivity contribution in [3.63, 3.8) is 0 Å². The van der Waals surface area contributed by atoms with Crippen LogP contribution in [0, 0.1) is 29.6 Å². The second-order valence-corrected chi connectivity index (χ2v) is 20.9. The van der Waals surface area contributed by atoms with E-state index in [1.54, 1.807) is 34.8 Å². The highest BCUT2D eigenvalue weighted by molar-refractivity contribution is 6.73. The molecule has 0 spiro atoms. The number of nitrogens with two attached hydrogens (primary N) is 1. The van der Waals surface area contributed by atoms with Crippen molar-refractivity contribution in [2.24, 2.45) is 35.3 Å². The van der Waals surface area contributed by atoms with Gasteiger partial charge in [0, 0.05) is 36.8 Å². The zero-order valence-electron chi connectivity index (χ0n) is 33.8. The maximum atomic E-state index is 14.4. The number of carbonyl (C=O) groups excluding carboxylic acids is 4. The normalized spacial score (nSPS) is 42.0. The number of ether oxygens (including phenoxy) is 5. The van der Waals surface area contributed by atoms with Crippen LogP contribution in [0.4, 0.5) is 0 Å². The third-order valence-corrected chi connectivity index (χ3v) is 17.3. The molecule has 0 bridgehead atoms. The predicted octanol–water partition coefficient (Wildman–Crippen LogP) is 4.90. The van der Waals surface area contributed by atoms with Crippen molar-refractivity contribution in [2.45, 2.75) is 168 Å². The van der Waals surface area contributed by atoms with Gasteiger partial charge in [0.15, 0.2) is 26.0 Å². The van der Waals surface area contributed by atoms with Gasteiger partial charge >= 0.3 is 11.9 Å². The molecule has 3 fully saturated rings. The van der Waals surface area contributed by atoms with E-state index < -0.39 is 97.5 Å². The number of hydrogen-bond donors (Lipinski definition) is 1. The van der Waals surface area contributed by atoms with Crippen LogP contribution in [0.2, 0.25) is 18.1 Å². The van der Waals surface area contributed by atoms with E-state index in [0.717, 1.165) is 24.6 Å². The molecule has 0 aromatic carbocycles. The molecule has 0 saturated carbocycles. The van der Waals surface area contributed by atoms with E-state index in [0.29, 0.717) is 0 Å². The molecule has 3 aliphatic rings. The van der Waals surface area contributed by atoms with Gasteiger partial charge < -0.3 is 38.7 Å². The number of likely N-dealkylation sites (N-methyl/N-ethyl adjacent to an activating group) is 1. The SMILES string of the molecule is CC[C@@H]1OC(=O)[C@H](C)C(=O)[C@H](C)[C@@H](OC2O[C@H](C)C[C@H](N(C)C)[C@H]2O[Si](CC)(CC)CC)[C@](C)(OC)C[C@@H](C)C(=O)[C@H](C)[C@H]2[C@H](N)C(=O)O[C@]21C. The quantitative estimate of drug-likeness (QED) is 0.184. The molecule has 14 atom stereocenters. The molecule has 0 amide bonds. The first kappa shape index (κ1) is 43.7. The Morgan fingerprint density at radius 3 is 2.00 bits per heavy atom. The summed E-state index contributed by atoms with van der Waals surface area (Å²) >= 11 is 0. The molecule has 0 aromatic heterocycles. The van der Waals surface area contributed by atoms with Gasteiger partial charge in [0.2, 0.25) is 0 Å². The number of methoxy groups -OCH3 is 1. The molecule has 2 N–H and O–H groups in total. The Hall–Kier alpha value is -1.74. The molecule has 1 unspecified atom stereocenters. The maximum Gasteiger partial charge on any atom is 0.324 e. The summed E-state index contributed by atoms with van der Waals surface area (Å²) in [6.45, 7) is 20.7. The monoisotopic (exact) mass is 740 g/mol. The molecule has 0 aliphatic carbocycles. The fourth-order valence-corrected chi connectivity index (χ4v) is 11.9. The van der Waals surface area contributed by atoms with Crippen LogP contribution in [0.3, 0.4) is 0 Å². The average molecular weight is 741 g/mol. The van der Waals surface area contributed by atoms with Crippen LogP contribution in [0.1, 0.15) is 95.4 Å². The second kappa shape index (κ2) is 17.2. The van der Waals surface area contributed by atoms with Gasteiger partial charge in [-0.15, -0.1) is 0 Å². The van der Waals surface area contributed by atoms with Crippen molar-refractivity contribution in [1.82, 2.24) is 4.90 Å². The van der Waals surface area contributed by atoms with E-state index >= 15 is 0 Å². The molecule has 0 radical (unpaired) electrons. The van der Waals surface area contributed by atoms with E-state index in [-0.39, 0.29) is 30.8 Å². The first-order valence-corrected chi connectivity index (χ1v) is 21.7. The Balaban J connectivity index is 2.18. The summed E-state index contributed by atoms with van der Waals surface area (Å²) < 4.78 is 38.9. The summed E-state index contributed by atoms with van der Waals surface area (Å²) in [5.41, 5.74) is 3.85. The minimum absolute atomic E-state index is 0.0234. The van der Waals surface area contributed by atoms with Gasteiger partial charge in [0.05, 0.1) is 17.8 Å². The smallest absolute Gasteiger partial charge is 0.324 e. The van der Waals surface area contributed by atoms with Crippen molar-refractivity contribution in [3.8, 4) is 0 Å². The van der Waals surface area contributed by atoms with E-state index in [1.807, 2.05) is 34.9 Å². The Kier molecular flexibility index (Phi) is 14.7. The van der Waals surface area contributed by atoms with Crippen molar-refractivity contribution >= 4 is 31.8 Å². The molecule has 3 saturated heterocycles. The highest BCUT2D eigenvalue weighted by Crippen LogP contribution is 2.45. The molecule has 3 heterocycles. The van der Waals surface area contributed by atoms with Crippen molar-refractivity contribution < 1.29 is 47.3 Å². The van der Waals surface area contributed by atoms with Gasteiger partial charge in [0.25, 0.3) is 0 Å². The number of hydrogen-bond acceptors (Lipinski definition) is 12. The van der Waals surface area contributed by atoms with Crippen molar-refractivity contribution in [3.05, 3.63) is 0 Å². The number of esters is 2. The molecular formula is C38H68N2O10Si. The Morgan fingerprint density at radius 1 is 0.902 bits per heavy atom. The highest BCUT2D eigenvalue weighted by atomic mass is 28.4. The fraction of sp³-hybridized carbons (Fsp3) is 0.895. The molecule has 13 heteroatoms. The lowest BCUT2D eigenvalue weighted by Crippen LogP contribution is -2.62. The molecule has 51 heavy (non-hydrogen) atoms. The number of fused-ring (bicyclic) bond motifs is 1. The molecular weight excluding hydrogens is 673 g/mol. The summed E-state index contributed by atoms with van der Waals surface area (Å²) in [7, 11) is 3.43. The highest BCUT2D eigenvalue weighted by Gasteiger charge is 2.60. The molecule has 3 aliphatic heterocycles. The van der Waals surface area contributed by atoms with E-state index in [2.05, 4.69) is 25.7 Å². The molecule has 0 aromatic rings. The van der Waals surface area contributed by atoms with Crippen LogP contribution in [-0.4, -0.2) is 112 Å². The first-order valence-electron chi connectivity index (χ1n) is 19.2. The van der Waals surface area contributed by atoms with Gasteiger partial charge in [-0.1, -0.05) is 48.5 Å². The summed E-state index contributed by atoms with van der Waals surface area (Å²) in [6.07, 6.45) is -2.16. The third-order valence-electron chi connectivity index (χ3n) is 12.7. The summed E-state index contributed by atoms with van der Waals surface area (Å²) in [6, 6.07) is 1.68. The van der Waals surface area contributed by atoms with Crippen molar-refractivity contribution in [1.29, 1.82) is 0 Å². The van der Waals surface area contributed by atoms with Gasteiger partial charge in [-0.3, -0.25) is 19.2 Å². The summed E-state index contributed by atoms with van der Waals surface area (Å²) in [5, 5.41) is 0. The van der Waals surface area contributed by atoms with E-state index in [4.69, 9.17) is 33.8 Å². The first-order chi connectivity index (χ1) is 23.7. The van der Waals surface area contributed by atoms with Gasteiger partial charge in [-0.05, 0) is 79.2 Å². The Labute approximate surface area is 307 Å². The van der Waals surface area contributed by atoms with Crippen molar-refractivity contribution in [2.75, 3.05) is 21.2 Å². The number of Topliss-reactive ketones (excluding diaryl/α,β-unsaturated/α-hetero) is 2. The van der Waals surface area contributed by atoms with E-state index in [9.17, 15) is 19.2 Å². The number of carbonyl (C=O) groups is 4. The summed E-state index contributed by atoms with van der Waals surface area (Å²) in [4.78, 5) is 57.6. The second-order valence-electron chi connectivity index (χ2n) is 16.2. The fourth-order valence-electron chi connectivity index (χ4n) is 9.09. The number of rotatable bonds is 10. The zero-order chi connectivity index (χ0) is 38.8. The maximum absolute atomic E-state index is 14.4. The topological polar surface area (TPSA) is 153 Å². The minimum atomic E-state index is -2.17. The van der Waals surface area contributed by atoms with Crippen LogP contribution < -0.4 is 5.73 Å². The lowest BCUT2D eigenvalue weighted by Gasteiger charge is -2.50. The van der Waals surface area contributed by atoms with Crippen LogP contribution in [0.5, 0.6) is 0 Å². The predicted molar refractivity (Wildman–Crippen MR) is 196 cm³/mol. The largest absolute Gasteiger partial charge is 0.458 e. The van der Waals surface area contributed by atoms with Gasteiger partial charge in [0.1, 0.15) is 30.0 Å². The number of nitrogens with zero attached hydrogens (tertiary/aromatic N) is 1. The zero-order valence-corrected chi connectivity index (χ0v) is 34.8. The number of cyclic esters (lactones) is 1. The minimum Gasteiger partial charge on any atom is -0.458 e. The Morgan fingerprint density at radius 2 is 1.49 bits per heavy atom. The molecule has 294 valence electrons. The average Bonchev–Trinajstić information content (AvgIpc) is 3.33. The lowest BCUT2D eigenvalue weighted by molar-refractivity contribution is -0.292. The van der Waals surface area contributed by atoms with E-state index in [1.165, 1.54) is 6.92 Å². The van der Waals surface area contributed by atoms with Crippen LogP contribution >= 0.6 is 0 Å². The third kappa shape index (κ3) is 8.65. The van der Waals surface area contributed by atoms with Gasteiger partial charge in [-0.2, -0.15) is 0 Å². The molecule has 3 rings (SSSR count). The lowest BCUT2D eigenvalue weighted by atomic mass is 9.69. The summed E-state index contributed by atoms with van der Waals surface area (Å²) in [5.74, 6) is -6.11. The molecule has 12 nitrogen and oxygen atoms in total. The van der Waals surface area contributed by atoms with Crippen LogP contribution in [0.15, 0.2) is 0 Å². The van der Waals surface area contributed by atoms with Gasteiger partial charge in [-0.25, -0.2) is 0 Å². The van der Waals surface area contributed by atoms with Crippen LogP contribution in [-0.2, 0) is 47.3 Å². The Bertz CT molecular complexity index is 1240. The number of ketones is 2. The standard InChI is InChI=1S/C38H68N2O10Si/c1-15-27-38(11)28(29(39)35(44)49-38)23(7)30(41)21(5)20-37(10,45-14)33(24(8)31(42)25(9)34(43)47-27)48-36-32(50-51(16-2,17-3)18-4)26(40(12)13)19-22(6)46-36/h21-29,32-33,36H,15-20,39H2,1-14H3/t21-,22-,23-,24+,25-,26+,27+,28+,29+,32-,33-,36?,37-,38+/m1/s1. The van der Waals surface area contributed by atoms with Crippen LogP contribution in [0.25, 0.3) is 0 Å².